The van der Waals surface area contributed by atoms with Gasteiger partial charge in [0.1, 0.15) is 0 Å². The third kappa shape index (κ3) is 4.29. The molecule has 1 heterocycles. The van der Waals surface area contributed by atoms with Gasteiger partial charge in [0.2, 0.25) is 0 Å². The molecule has 106 valence electrons. The van der Waals surface area contributed by atoms with Crippen molar-refractivity contribution < 1.29 is 9.53 Å². The number of halogens is 1. The number of ether oxygens (including phenoxy) is 1. The monoisotopic (exact) mass is 401 g/mol. The summed E-state index contributed by atoms with van der Waals surface area (Å²) >= 11 is 3.90. The van der Waals surface area contributed by atoms with Crippen molar-refractivity contribution in [1.29, 1.82) is 0 Å². The van der Waals surface area contributed by atoms with E-state index in [1.807, 2.05) is 46.7 Å². The van der Waals surface area contributed by atoms with Gasteiger partial charge in [0.25, 0.3) is 5.91 Å². The largest absolute Gasteiger partial charge is 0.383 e. The summed E-state index contributed by atoms with van der Waals surface area (Å²) in [7, 11) is 1.65. The zero-order valence-electron chi connectivity index (χ0n) is 11.2. The average molecular weight is 401 g/mol. The van der Waals surface area contributed by atoms with Crippen LogP contribution in [0.25, 0.3) is 0 Å². The van der Waals surface area contributed by atoms with Gasteiger partial charge in [-0.1, -0.05) is 6.07 Å². The second-order valence-electron chi connectivity index (χ2n) is 4.31. The maximum Gasteiger partial charge on any atom is 0.254 e. The van der Waals surface area contributed by atoms with Crippen LogP contribution < -0.4 is 0 Å². The molecule has 0 radical (unpaired) electrons. The van der Waals surface area contributed by atoms with Gasteiger partial charge in [-0.3, -0.25) is 4.79 Å². The molecule has 0 bridgehead atoms. The second-order valence-corrected chi connectivity index (χ2v) is 6.58. The van der Waals surface area contributed by atoms with E-state index in [1.165, 1.54) is 4.88 Å². The molecule has 5 heteroatoms. The fourth-order valence-corrected chi connectivity index (χ4v) is 2.90. The maximum absolute atomic E-state index is 12.6. The van der Waals surface area contributed by atoms with E-state index in [9.17, 15) is 4.79 Å². The van der Waals surface area contributed by atoms with E-state index in [0.717, 1.165) is 9.13 Å². The molecule has 0 saturated heterocycles. The summed E-state index contributed by atoms with van der Waals surface area (Å²) in [5.74, 6) is 0.0480. The van der Waals surface area contributed by atoms with Crippen LogP contribution in [-0.4, -0.2) is 31.1 Å². The lowest BCUT2D eigenvalue weighted by Crippen LogP contribution is -2.33. The lowest BCUT2D eigenvalue weighted by atomic mass is 10.2. The molecular formula is C15H16INO2S. The van der Waals surface area contributed by atoms with Crippen molar-refractivity contribution in [3.8, 4) is 0 Å². The first-order valence-electron chi connectivity index (χ1n) is 6.27. The molecule has 0 fully saturated rings. The number of hydrogen-bond acceptors (Lipinski definition) is 3. The Bertz CT molecular complexity index is 540. The highest BCUT2D eigenvalue weighted by Gasteiger charge is 2.16. The highest BCUT2D eigenvalue weighted by atomic mass is 127. The van der Waals surface area contributed by atoms with Crippen LogP contribution in [0.3, 0.4) is 0 Å². The van der Waals surface area contributed by atoms with Crippen LogP contribution >= 0.6 is 33.9 Å². The molecule has 20 heavy (non-hydrogen) atoms. The molecular weight excluding hydrogens is 385 g/mol. The number of carbonyl (C=O) groups is 1. The van der Waals surface area contributed by atoms with Crippen LogP contribution in [0.15, 0.2) is 41.8 Å². The molecule has 0 N–H and O–H groups in total. The number of thiophene rings is 1. The maximum atomic E-state index is 12.6. The molecule has 0 aliphatic carbocycles. The summed E-state index contributed by atoms with van der Waals surface area (Å²) in [6.45, 7) is 1.77. The summed E-state index contributed by atoms with van der Waals surface area (Å²) in [6, 6.07) is 11.7. The van der Waals surface area contributed by atoms with Crippen LogP contribution in [0.2, 0.25) is 0 Å². The number of benzene rings is 1. The molecule has 0 unspecified atom stereocenters. The van der Waals surface area contributed by atoms with Gasteiger partial charge in [0, 0.05) is 27.7 Å². The van der Waals surface area contributed by atoms with Crippen LogP contribution in [0.5, 0.6) is 0 Å². The van der Waals surface area contributed by atoms with E-state index in [2.05, 4.69) is 22.6 Å². The Labute approximate surface area is 136 Å². The van der Waals surface area contributed by atoms with E-state index < -0.39 is 0 Å². The Morgan fingerprint density at radius 2 is 2.05 bits per heavy atom. The molecule has 1 amide bonds. The average Bonchev–Trinajstić information content (AvgIpc) is 2.96. The molecule has 1 aromatic carbocycles. The normalized spacial score (nSPS) is 10.5. The zero-order valence-corrected chi connectivity index (χ0v) is 14.2. The molecule has 1 aromatic heterocycles. The number of methoxy groups -OCH3 is 1. The first-order valence-corrected chi connectivity index (χ1v) is 8.22. The summed E-state index contributed by atoms with van der Waals surface area (Å²) in [6.07, 6.45) is 0. The van der Waals surface area contributed by atoms with E-state index in [-0.39, 0.29) is 5.91 Å². The van der Waals surface area contributed by atoms with Crippen LogP contribution in [0.1, 0.15) is 15.2 Å². The van der Waals surface area contributed by atoms with Crippen molar-refractivity contribution in [3.63, 3.8) is 0 Å². The van der Waals surface area contributed by atoms with Crippen LogP contribution in [0, 0.1) is 3.57 Å². The summed E-state index contributed by atoms with van der Waals surface area (Å²) < 4.78 is 6.23. The zero-order chi connectivity index (χ0) is 14.4. The Kier molecular flexibility index (Phi) is 6.00. The lowest BCUT2D eigenvalue weighted by Gasteiger charge is -2.22. The Balaban J connectivity index is 2.12. The van der Waals surface area contributed by atoms with Gasteiger partial charge >= 0.3 is 0 Å². The van der Waals surface area contributed by atoms with E-state index in [0.29, 0.717) is 19.7 Å². The number of carbonyl (C=O) groups excluding carboxylic acids is 1. The number of rotatable bonds is 6. The summed E-state index contributed by atoms with van der Waals surface area (Å²) in [4.78, 5) is 15.6. The fraction of sp³-hybridized carbons (Fsp3) is 0.267. The molecule has 0 saturated carbocycles. The number of nitrogens with zero attached hydrogens (tertiary/aromatic N) is 1. The van der Waals surface area contributed by atoms with Crippen molar-refractivity contribution in [3.05, 3.63) is 55.8 Å². The van der Waals surface area contributed by atoms with Crippen molar-refractivity contribution in [1.82, 2.24) is 4.90 Å². The SMILES string of the molecule is COCCN(Cc1cccs1)C(=O)c1ccc(I)cc1. The summed E-state index contributed by atoms with van der Waals surface area (Å²) in [5, 5.41) is 2.03. The standard InChI is InChI=1S/C15H16INO2S/c1-19-9-8-17(11-14-3-2-10-20-14)15(18)12-4-6-13(16)7-5-12/h2-7,10H,8-9,11H2,1H3. The molecule has 0 atom stereocenters. The number of hydrogen-bond donors (Lipinski definition) is 0. The van der Waals surface area contributed by atoms with Crippen LogP contribution in [-0.2, 0) is 11.3 Å². The third-order valence-corrected chi connectivity index (χ3v) is 4.45. The minimum Gasteiger partial charge on any atom is -0.383 e. The number of amides is 1. The highest BCUT2D eigenvalue weighted by molar-refractivity contribution is 14.1. The van der Waals surface area contributed by atoms with Gasteiger partial charge in [-0.25, -0.2) is 0 Å². The topological polar surface area (TPSA) is 29.5 Å². The molecule has 0 aliphatic rings. The minimum atomic E-state index is 0.0480. The van der Waals surface area contributed by atoms with Crippen LogP contribution in [0.4, 0.5) is 0 Å². The first kappa shape index (κ1) is 15.5. The smallest absolute Gasteiger partial charge is 0.254 e. The van der Waals surface area contributed by atoms with Crippen molar-refractivity contribution in [2.45, 2.75) is 6.54 Å². The second kappa shape index (κ2) is 7.75. The van der Waals surface area contributed by atoms with Gasteiger partial charge in [-0.15, -0.1) is 11.3 Å². The van der Waals surface area contributed by atoms with E-state index in [1.54, 1.807) is 18.4 Å². The summed E-state index contributed by atoms with van der Waals surface area (Å²) in [5.41, 5.74) is 0.720. The Morgan fingerprint density at radius 1 is 1.30 bits per heavy atom. The first-order chi connectivity index (χ1) is 9.70. The molecule has 2 aromatic rings. The van der Waals surface area contributed by atoms with E-state index >= 15 is 0 Å². The molecule has 3 nitrogen and oxygen atoms in total. The van der Waals surface area contributed by atoms with Gasteiger partial charge in [-0.05, 0) is 58.3 Å². The Hall–Kier alpha value is -0.920. The fourth-order valence-electron chi connectivity index (χ4n) is 1.82. The van der Waals surface area contributed by atoms with E-state index in [4.69, 9.17) is 4.74 Å². The van der Waals surface area contributed by atoms with Crippen molar-refractivity contribution in [2.75, 3.05) is 20.3 Å². The predicted octanol–water partition coefficient (Wildman–Crippen LogP) is 3.64. The predicted molar refractivity (Wildman–Crippen MR) is 90.1 cm³/mol. The van der Waals surface area contributed by atoms with Crippen molar-refractivity contribution >= 4 is 39.8 Å². The van der Waals surface area contributed by atoms with Gasteiger partial charge in [0.05, 0.1) is 13.2 Å². The lowest BCUT2D eigenvalue weighted by molar-refractivity contribution is 0.0682. The van der Waals surface area contributed by atoms with Gasteiger partial charge < -0.3 is 9.64 Å². The van der Waals surface area contributed by atoms with Gasteiger partial charge in [0.15, 0.2) is 0 Å². The molecule has 0 aliphatic heterocycles. The van der Waals surface area contributed by atoms with Crippen molar-refractivity contribution in [2.24, 2.45) is 0 Å². The minimum absolute atomic E-state index is 0.0480. The quantitative estimate of drug-likeness (QED) is 0.692. The molecule has 0 spiro atoms. The van der Waals surface area contributed by atoms with Gasteiger partial charge in [-0.2, -0.15) is 0 Å². The Morgan fingerprint density at radius 3 is 2.65 bits per heavy atom. The molecule has 2 rings (SSSR count). The highest BCUT2D eigenvalue weighted by Crippen LogP contribution is 2.15. The third-order valence-electron chi connectivity index (χ3n) is 2.87.